The molecule has 0 saturated heterocycles. The molecule has 0 aliphatic carbocycles. The second-order valence-electron chi connectivity index (χ2n) is 4.77. The van der Waals surface area contributed by atoms with E-state index >= 15 is 0 Å². The van der Waals surface area contributed by atoms with Gasteiger partial charge in [-0.05, 0) is 30.8 Å². The van der Waals surface area contributed by atoms with Gasteiger partial charge in [-0.15, -0.1) is 13.2 Å². The van der Waals surface area contributed by atoms with Crippen molar-refractivity contribution in [3.8, 4) is 0 Å². The Labute approximate surface area is 72.4 Å². The molecule has 0 aromatic carbocycles. The third kappa shape index (κ3) is 6.69. The molecule has 0 unspecified atom stereocenters. The van der Waals surface area contributed by atoms with Crippen LogP contribution in [0.4, 0.5) is 0 Å². The van der Waals surface area contributed by atoms with Crippen molar-refractivity contribution in [1.29, 1.82) is 0 Å². The van der Waals surface area contributed by atoms with E-state index in [0.717, 1.165) is 11.8 Å². The Morgan fingerprint density at radius 3 is 1.45 bits per heavy atom. The fraction of sp³-hybridized carbons (Fsp3) is 0.900. The predicted octanol–water partition coefficient (Wildman–Crippen LogP) is 3.38. The summed E-state index contributed by atoms with van der Waals surface area (Å²) in [6.45, 7) is 10.8. The van der Waals surface area contributed by atoms with Crippen molar-refractivity contribution in [2.45, 2.75) is 27.7 Å². The average molecular weight is 174 g/mol. The zero-order chi connectivity index (χ0) is 9.07. The van der Waals surface area contributed by atoms with E-state index in [4.69, 9.17) is 0 Å². The minimum Gasteiger partial charge on any atom is -0.114 e. The molecule has 0 spiro atoms. The molecular formula is C10H23P. The highest BCUT2D eigenvalue weighted by atomic mass is 31.2. The first-order valence-electron chi connectivity index (χ1n) is 4.52. The van der Waals surface area contributed by atoms with Gasteiger partial charge in [0.15, 0.2) is 0 Å². The predicted molar refractivity (Wildman–Crippen MR) is 59.4 cm³/mol. The van der Waals surface area contributed by atoms with Gasteiger partial charge in [0.2, 0.25) is 0 Å². The topological polar surface area (TPSA) is 0 Å². The van der Waals surface area contributed by atoms with Crippen LogP contribution in [0.2, 0.25) is 0 Å². The monoisotopic (exact) mass is 174 g/mol. The van der Waals surface area contributed by atoms with Crippen molar-refractivity contribution in [1.82, 2.24) is 0 Å². The normalized spacial score (nSPS) is 13.0. The summed E-state index contributed by atoms with van der Waals surface area (Å²) in [5.74, 6) is 1.65. The summed E-state index contributed by atoms with van der Waals surface area (Å²) in [4.78, 5) is 0. The first-order valence-corrected chi connectivity index (χ1v) is 7.31. The van der Waals surface area contributed by atoms with Crippen molar-refractivity contribution < 1.29 is 0 Å². The largest absolute Gasteiger partial charge is 0.114 e. The van der Waals surface area contributed by atoms with Gasteiger partial charge in [-0.2, -0.15) is 0 Å². The van der Waals surface area contributed by atoms with E-state index in [2.05, 4.69) is 40.7 Å². The molecule has 0 radical (unpaired) electrons. The highest BCUT2D eigenvalue weighted by Gasteiger charge is 2.11. The lowest BCUT2D eigenvalue weighted by Gasteiger charge is -2.23. The minimum absolute atomic E-state index is 0.805. The molecule has 0 N–H and O–H groups in total. The SMILES string of the molecule is C=P(C)(CC(C)C)CC(C)C. The Bertz CT molecular complexity index is 131. The van der Waals surface area contributed by atoms with E-state index in [1.54, 1.807) is 0 Å². The van der Waals surface area contributed by atoms with Crippen LogP contribution in [0.15, 0.2) is 0 Å². The summed E-state index contributed by atoms with van der Waals surface area (Å²) < 4.78 is 0. The Hall–Kier alpha value is 0.300. The molecule has 0 aromatic rings. The highest BCUT2D eigenvalue weighted by molar-refractivity contribution is 7.73. The van der Waals surface area contributed by atoms with Crippen LogP contribution >= 0.6 is 6.89 Å². The number of rotatable bonds is 4. The van der Waals surface area contributed by atoms with Crippen LogP contribution in [0.1, 0.15) is 27.7 Å². The van der Waals surface area contributed by atoms with E-state index in [1.165, 1.54) is 12.3 Å². The maximum atomic E-state index is 4.36. The fourth-order valence-electron chi connectivity index (χ4n) is 1.84. The van der Waals surface area contributed by atoms with Crippen LogP contribution in [0.3, 0.4) is 0 Å². The number of hydrogen-bond donors (Lipinski definition) is 0. The maximum Gasteiger partial charge on any atom is -0.0311 e. The fourth-order valence-corrected chi connectivity index (χ4v) is 5.51. The van der Waals surface area contributed by atoms with Crippen LogP contribution in [0, 0.1) is 11.8 Å². The molecule has 0 nitrogen and oxygen atoms in total. The third-order valence-electron chi connectivity index (χ3n) is 1.61. The van der Waals surface area contributed by atoms with Crippen LogP contribution in [0.5, 0.6) is 0 Å². The number of hydrogen-bond acceptors (Lipinski definition) is 0. The Morgan fingerprint density at radius 2 is 1.27 bits per heavy atom. The van der Waals surface area contributed by atoms with Crippen LogP contribution in [-0.2, 0) is 0 Å². The van der Waals surface area contributed by atoms with Crippen molar-refractivity contribution in [2.75, 3.05) is 19.0 Å². The Balaban J connectivity index is 3.91. The summed E-state index contributed by atoms with van der Waals surface area (Å²) in [6, 6.07) is 0. The summed E-state index contributed by atoms with van der Waals surface area (Å²) >= 11 is 0. The summed E-state index contributed by atoms with van der Waals surface area (Å²) in [6.07, 6.45) is 7.07. The maximum absolute atomic E-state index is 4.36. The molecule has 11 heavy (non-hydrogen) atoms. The molecule has 68 valence electrons. The molecule has 0 bridgehead atoms. The Morgan fingerprint density at radius 1 is 1.00 bits per heavy atom. The van der Waals surface area contributed by atoms with Gasteiger partial charge in [0.05, 0.1) is 0 Å². The van der Waals surface area contributed by atoms with E-state index in [9.17, 15) is 0 Å². The molecule has 0 fully saturated rings. The van der Waals surface area contributed by atoms with Gasteiger partial charge < -0.3 is 0 Å². The second kappa shape index (κ2) is 4.36. The summed E-state index contributed by atoms with van der Waals surface area (Å²) in [7, 11) is 0. The van der Waals surface area contributed by atoms with E-state index in [1.807, 2.05) is 0 Å². The highest BCUT2D eigenvalue weighted by Crippen LogP contribution is 2.43. The summed E-state index contributed by atoms with van der Waals surface area (Å²) in [5.41, 5.74) is 0. The van der Waals surface area contributed by atoms with Gasteiger partial charge in [-0.1, -0.05) is 27.7 Å². The van der Waals surface area contributed by atoms with E-state index in [-0.39, 0.29) is 0 Å². The van der Waals surface area contributed by atoms with Crippen LogP contribution < -0.4 is 0 Å². The lowest BCUT2D eigenvalue weighted by Crippen LogP contribution is -2.04. The van der Waals surface area contributed by atoms with Gasteiger partial charge in [-0.3, -0.25) is 0 Å². The van der Waals surface area contributed by atoms with Gasteiger partial charge in [0, 0.05) is 0 Å². The van der Waals surface area contributed by atoms with E-state index < -0.39 is 6.89 Å². The molecule has 0 heterocycles. The molecule has 0 rings (SSSR count). The third-order valence-corrected chi connectivity index (χ3v) is 4.84. The zero-order valence-electron chi connectivity index (χ0n) is 8.72. The molecule has 0 atom stereocenters. The first kappa shape index (κ1) is 11.3. The zero-order valence-corrected chi connectivity index (χ0v) is 9.62. The van der Waals surface area contributed by atoms with Crippen LogP contribution in [0.25, 0.3) is 0 Å². The molecular weight excluding hydrogens is 151 g/mol. The van der Waals surface area contributed by atoms with Gasteiger partial charge >= 0.3 is 0 Å². The molecule has 0 aliphatic heterocycles. The summed E-state index contributed by atoms with van der Waals surface area (Å²) in [5, 5.41) is 0. The first-order chi connectivity index (χ1) is 4.83. The molecule has 0 aliphatic rings. The van der Waals surface area contributed by atoms with Gasteiger partial charge in [-0.25, -0.2) is 0 Å². The van der Waals surface area contributed by atoms with E-state index in [0.29, 0.717) is 0 Å². The van der Waals surface area contributed by atoms with Crippen molar-refractivity contribution in [2.24, 2.45) is 11.8 Å². The molecule has 1 heteroatoms. The lowest BCUT2D eigenvalue weighted by molar-refractivity contribution is 0.719. The second-order valence-corrected chi connectivity index (χ2v) is 8.74. The standard InChI is InChI=1S/C10H23P/c1-9(2)7-11(5,6)8-10(3)4/h9-10H,5,7-8H2,1-4,6H3. The quantitative estimate of drug-likeness (QED) is 0.573. The van der Waals surface area contributed by atoms with Crippen molar-refractivity contribution in [3.63, 3.8) is 0 Å². The lowest BCUT2D eigenvalue weighted by atomic mass is 10.3. The smallest absolute Gasteiger partial charge is 0.0311 e. The van der Waals surface area contributed by atoms with Gasteiger partial charge in [0.25, 0.3) is 0 Å². The van der Waals surface area contributed by atoms with Crippen molar-refractivity contribution in [3.05, 3.63) is 0 Å². The molecule has 0 saturated carbocycles. The van der Waals surface area contributed by atoms with Crippen molar-refractivity contribution >= 4 is 13.2 Å². The van der Waals surface area contributed by atoms with Crippen LogP contribution in [-0.4, -0.2) is 25.3 Å². The Kier molecular flexibility index (Phi) is 4.48. The molecule has 0 aromatic heterocycles. The minimum atomic E-state index is -0.805. The van der Waals surface area contributed by atoms with Gasteiger partial charge in [0.1, 0.15) is 0 Å². The average Bonchev–Trinajstić information content (AvgIpc) is 1.53. The molecule has 0 amide bonds.